The normalized spacial score (nSPS) is 12.4. The molecule has 0 radical (unpaired) electrons. The van der Waals surface area contributed by atoms with E-state index in [9.17, 15) is 26.2 Å². The minimum Gasteiger partial charge on any atom is -0.382 e. The van der Waals surface area contributed by atoms with E-state index in [1.54, 1.807) is 0 Å². The van der Waals surface area contributed by atoms with Gasteiger partial charge in [0.2, 0.25) is 5.91 Å². The highest BCUT2D eigenvalue weighted by atomic mass is 32.2. The van der Waals surface area contributed by atoms with Crippen LogP contribution >= 0.6 is 0 Å². The lowest BCUT2D eigenvalue weighted by Crippen LogP contribution is -2.15. The predicted octanol–water partition coefficient (Wildman–Crippen LogP) is -0.0504. The molecule has 1 rings (SSSR count). The molecule has 0 saturated carbocycles. The zero-order valence-electron chi connectivity index (χ0n) is 13.0. The first-order valence-electron chi connectivity index (χ1n) is 6.90. The Bertz CT molecular complexity index is 831. The average molecular weight is 377 g/mol. The number of nitrogens with one attached hydrogen (secondary N) is 1. The van der Waals surface area contributed by atoms with Crippen LogP contribution in [-0.2, 0) is 20.0 Å². The Balaban J connectivity index is 2.75. The highest BCUT2D eigenvalue weighted by Crippen LogP contribution is 2.22. The van der Waals surface area contributed by atoms with Crippen LogP contribution in [0.1, 0.15) is 17.3 Å². The number of aliphatic imine (C=N–C) groups is 1. The molecule has 134 valence electrons. The highest BCUT2D eigenvalue weighted by Gasteiger charge is 2.17. The third kappa shape index (κ3) is 6.26. The highest BCUT2D eigenvalue weighted by molar-refractivity contribution is 7.91. The Morgan fingerprint density at radius 3 is 2.54 bits per heavy atom. The number of carbonyl (C=O) groups excluding carboxylic acids is 1. The van der Waals surface area contributed by atoms with Crippen LogP contribution in [0.5, 0.6) is 0 Å². The summed E-state index contributed by atoms with van der Waals surface area (Å²) in [5.41, 5.74) is 5.10. The van der Waals surface area contributed by atoms with Crippen LogP contribution in [0.3, 0.4) is 0 Å². The van der Waals surface area contributed by atoms with Crippen molar-refractivity contribution >= 4 is 37.8 Å². The Morgan fingerprint density at radius 1 is 1.33 bits per heavy atom. The van der Waals surface area contributed by atoms with Gasteiger partial charge in [0.1, 0.15) is 4.90 Å². The second-order valence-corrected chi connectivity index (χ2v) is 8.55. The summed E-state index contributed by atoms with van der Waals surface area (Å²) in [4.78, 5) is 14.5. The number of rotatable bonds is 9. The fourth-order valence-corrected chi connectivity index (χ4v) is 2.93. The number of sulfone groups is 1. The molecule has 0 spiro atoms. The standard InChI is InChI=1S/C13H19N3O6S2/c1-2-23(18,19)8-7-15-5-6-16-11-4-3-10(13(14)17)9-12(11)24(20,21)22/h3-4,7,9,16H,2,5-6,8H2,1H3,(H2,14,17)(H,20,21,22). The van der Waals surface area contributed by atoms with Gasteiger partial charge in [0, 0.05) is 24.1 Å². The first kappa shape index (κ1) is 20.1. The molecular weight excluding hydrogens is 358 g/mol. The summed E-state index contributed by atoms with van der Waals surface area (Å²) in [5.74, 6) is -0.956. The predicted molar refractivity (Wildman–Crippen MR) is 91.0 cm³/mol. The van der Waals surface area contributed by atoms with Crippen molar-refractivity contribution in [1.82, 2.24) is 0 Å². The number of hydrogen-bond acceptors (Lipinski definition) is 7. The molecule has 0 saturated heterocycles. The monoisotopic (exact) mass is 377 g/mol. The van der Waals surface area contributed by atoms with Gasteiger partial charge in [-0.3, -0.25) is 14.3 Å². The number of nitrogens with zero attached hydrogens (tertiary/aromatic N) is 1. The molecule has 0 aromatic heterocycles. The smallest absolute Gasteiger partial charge is 0.296 e. The Morgan fingerprint density at radius 2 is 2.00 bits per heavy atom. The number of nitrogens with two attached hydrogens (primary N) is 1. The molecular formula is C13H19N3O6S2. The Labute approximate surface area is 140 Å². The zero-order valence-corrected chi connectivity index (χ0v) is 14.6. The number of hydrogen-bond donors (Lipinski definition) is 3. The molecule has 24 heavy (non-hydrogen) atoms. The molecule has 9 nitrogen and oxygen atoms in total. The van der Waals surface area contributed by atoms with E-state index >= 15 is 0 Å². The zero-order chi connectivity index (χ0) is 18.4. The van der Waals surface area contributed by atoms with E-state index in [4.69, 9.17) is 5.73 Å². The van der Waals surface area contributed by atoms with Gasteiger partial charge in [0.25, 0.3) is 10.1 Å². The maximum absolute atomic E-state index is 11.4. The largest absolute Gasteiger partial charge is 0.382 e. The summed E-state index contributed by atoms with van der Waals surface area (Å²) in [6.45, 7) is 1.93. The van der Waals surface area contributed by atoms with E-state index in [0.29, 0.717) is 0 Å². The first-order chi connectivity index (χ1) is 11.1. The van der Waals surface area contributed by atoms with Gasteiger partial charge in [-0.15, -0.1) is 0 Å². The lowest BCUT2D eigenvalue weighted by atomic mass is 10.2. The summed E-state index contributed by atoms with van der Waals surface area (Å²) in [6, 6.07) is 3.59. The fraction of sp³-hybridized carbons (Fsp3) is 0.385. The van der Waals surface area contributed by atoms with E-state index in [1.807, 2.05) is 0 Å². The van der Waals surface area contributed by atoms with Gasteiger partial charge in [-0.2, -0.15) is 8.42 Å². The SMILES string of the molecule is CCS(=O)(=O)CC=NCCNc1ccc(C(N)=O)cc1S(=O)(=O)O. The van der Waals surface area contributed by atoms with Gasteiger partial charge in [-0.1, -0.05) is 6.92 Å². The fourth-order valence-electron chi connectivity index (χ4n) is 1.67. The number of amides is 1. The molecule has 1 aromatic rings. The van der Waals surface area contributed by atoms with Gasteiger partial charge in [-0.25, -0.2) is 8.42 Å². The molecule has 1 amide bonds. The number of benzene rings is 1. The van der Waals surface area contributed by atoms with Crippen molar-refractivity contribution in [2.24, 2.45) is 10.7 Å². The minimum atomic E-state index is -4.55. The van der Waals surface area contributed by atoms with Gasteiger partial charge in [0.15, 0.2) is 9.84 Å². The second-order valence-electron chi connectivity index (χ2n) is 4.76. The molecule has 0 heterocycles. The van der Waals surface area contributed by atoms with Crippen molar-refractivity contribution in [3.05, 3.63) is 23.8 Å². The maximum Gasteiger partial charge on any atom is 0.296 e. The summed E-state index contributed by atoms with van der Waals surface area (Å²) in [7, 11) is -7.67. The number of carbonyl (C=O) groups is 1. The van der Waals surface area contributed by atoms with Gasteiger partial charge in [0.05, 0.1) is 18.0 Å². The lowest BCUT2D eigenvalue weighted by molar-refractivity contribution is 0.1000. The second kappa shape index (κ2) is 8.22. The van der Waals surface area contributed by atoms with Crippen molar-refractivity contribution in [2.45, 2.75) is 11.8 Å². The summed E-state index contributed by atoms with van der Waals surface area (Å²) >= 11 is 0. The third-order valence-electron chi connectivity index (χ3n) is 3.00. The summed E-state index contributed by atoms with van der Waals surface area (Å²) in [5, 5.41) is 2.74. The third-order valence-corrected chi connectivity index (χ3v) is 5.43. The summed E-state index contributed by atoms with van der Waals surface area (Å²) < 4.78 is 54.5. The van der Waals surface area contributed by atoms with Crippen molar-refractivity contribution < 1.29 is 26.2 Å². The molecule has 0 aliphatic rings. The lowest BCUT2D eigenvalue weighted by Gasteiger charge is -2.10. The molecule has 0 aliphatic carbocycles. The molecule has 4 N–H and O–H groups in total. The topological polar surface area (TPSA) is 156 Å². The van der Waals surface area contributed by atoms with Crippen molar-refractivity contribution in [3.8, 4) is 0 Å². The Hall–Kier alpha value is -1.98. The maximum atomic E-state index is 11.4. The average Bonchev–Trinajstić information content (AvgIpc) is 2.49. The van der Waals surface area contributed by atoms with E-state index in [1.165, 1.54) is 25.3 Å². The molecule has 1 aromatic carbocycles. The van der Waals surface area contributed by atoms with Crippen molar-refractivity contribution in [2.75, 3.05) is 29.9 Å². The van der Waals surface area contributed by atoms with Gasteiger partial charge < -0.3 is 11.1 Å². The van der Waals surface area contributed by atoms with E-state index in [0.717, 1.165) is 6.07 Å². The van der Waals surface area contributed by atoms with Gasteiger partial charge >= 0.3 is 0 Å². The molecule has 0 unspecified atom stereocenters. The number of primary amides is 1. The van der Waals surface area contributed by atoms with E-state index < -0.39 is 30.8 Å². The van der Waals surface area contributed by atoms with Crippen LogP contribution in [0, 0.1) is 0 Å². The van der Waals surface area contributed by atoms with Crippen molar-refractivity contribution in [3.63, 3.8) is 0 Å². The van der Waals surface area contributed by atoms with Crippen molar-refractivity contribution in [1.29, 1.82) is 0 Å². The Kier molecular flexibility index (Phi) is 6.87. The molecule has 0 bridgehead atoms. The quantitative estimate of drug-likeness (QED) is 0.309. The van der Waals surface area contributed by atoms with Gasteiger partial charge in [-0.05, 0) is 18.2 Å². The summed E-state index contributed by atoms with van der Waals surface area (Å²) in [6.07, 6.45) is 1.28. The molecule has 0 atom stereocenters. The first-order valence-corrected chi connectivity index (χ1v) is 10.2. The molecule has 11 heteroatoms. The van der Waals surface area contributed by atoms with Crippen LogP contribution in [-0.4, -0.2) is 58.1 Å². The van der Waals surface area contributed by atoms with E-state index in [2.05, 4.69) is 10.3 Å². The van der Waals surface area contributed by atoms with Crippen LogP contribution in [0.15, 0.2) is 28.1 Å². The molecule has 0 fully saturated rings. The minimum absolute atomic E-state index is 0.0290. The van der Waals surface area contributed by atoms with Crippen LogP contribution in [0.4, 0.5) is 5.69 Å². The van der Waals surface area contributed by atoms with Crippen LogP contribution in [0.25, 0.3) is 0 Å². The van der Waals surface area contributed by atoms with Crippen LogP contribution < -0.4 is 11.1 Å². The van der Waals surface area contributed by atoms with Crippen LogP contribution in [0.2, 0.25) is 0 Å². The number of anilines is 1. The molecule has 0 aliphatic heterocycles. The van der Waals surface area contributed by atoms with E-state index in [-0.39, 0.29) is 35.8 Å².